The maximum atomic E-state index is 12.7. The summed E-state index contributed by atoms with van der Waals surface area (Å²) in [6, 6.07) is 6.11. The van der Waals surface area contributed by atoms with E-state index in [4.69, 9.17) is 9.47 Å². The van der Waals surface area contributed by atoms with E-state index in [0.717, 1.165) is 13.0 Å². The molecule has 8 heteroatoms. The fourth-order valence-electron chi connectivity index (χ4n) is 2.69. The first-order chi connectivity index (χ1) is 13.4. The van der Waals surface area contributed by atoms with Crippen molar-refractivity contribution in [3.8, 4) is 11.5 Å². The molecular weight excluding hydrogens is 360 g/mol. The molecule has 1 aromatic carbocycles. The molecule has 2 amide bonds. The van der Waals surface area contributed by atoms with Crippen molar-refractivity contribution >= 4 is 11.8 Å². The van der Waals surface area contributed by atoms with Gasteiger partial charge in [0, 0.05) is 37.1 Å². The molecule has 0 aliphatic carbocycles. The van der Waals surface area contributed by atoms with E-state index in [9.17, 15) is 9.59 Å². The molecule has 0 spiro atoms. The smallest absolute Gasteiger partial charge is 0.252 e. The van der Waals surface area contributed by atoms with Crippen LogP contribution in [0.15, 0.2) is 36.7 Å². The highest BCUT2D eigenvalue weighted by Crippen LogP contribution is 2.22. The van der Waals surface area contributed by atoms with Gasteiger partial charge in [0.25, 0.3) is 5.91 Å². The SMILES string of the molecule is COc1cc(OC)cc(C(=O)NC(C(=O)NCCCn2cccn2)C(C)C)c1. The molecule has 2 aromatic rings. The van der Waals surface area contributed by atoms with Crippen molar-refractivity contribution in [3.05, 3.63) is 42.2 Å². The maximum Gasteiger partial charge on any atom is 0.252 e. The van der Waals surface area contributed by atoms with Crippen molar-refractivity contribution in [1.29, 1.82) is 0 Å². The summed E-state index contributed by atoms with van der Waals surface area (Å²) < 4.78 is 12.2. The third-order valence-electron chi connectivity index (χ3n) is 4.27. The molecule has 0 aliphatic rings. The molecule has 8 nitrogen and oxygen atoms in total. The fraction of sp³-hybridized carbons (Fsp3) is 0.450. The predicted octanol–water partition coefficient (Wildman–Crippen LogP) is 1.86. The molecular formula is C20H28N4O4. The van der Waals surface area contributed by atoms with Crippen LogP contribution >= 0.6 is 0 Å². The van der Waals surface area contributed by atoms with Gasteiger partial charge in [0.05, 0.1) is 14.2 Å². The Labute approximate surface area is 165 Å². The van der Waals surface area contributed by atoms with Gasteiger partial charge in [-0.3, -0.25) is 14.3 Å². The Hall–Kier alpha value is -3.03. The van der Waals surface area contributed by atoms with Crippen molar-refractivity contribution in [1.82, 2.24) is 20.4 Å². The first-order valence-electron chi connectivity index (χ1n) is 9.23. The summed E-state index contributed by atoms with van der Waals surface area (Å²) in [5.41, 5.74) is 0.369. The minimum absolute atomic E-state index is 0.0671. The second-order valence-electron chi connectivity index (χ2n) is 6.71. The van der Waals surface area contributed by atoms with Crippen LogP contribution in [-0.2, 0) is 11.3 Å². The zero-order chi connectivity index (χ0) is 20.5. The van der Waals surface area contributed by atoms with Crippen LogP contribution in [0.25, 0.3) is 0 Å². The van der Waals surface area contributed by atoms with Gasteiger partial charge in [-0.2, -0.15) is 5.10 Å². The van der Waals surface area contributed by atoms with Gasteiger partial charge in [0.15, 0.2) is 0 Å². The predicted molar refractivity (Wildman–Crippen MR) is 105 cm³/mol. The van der Waals surface area contributed by atoms with Crippen molar-refractivity contribution in [3.63, 3.8) is 0 Å². The quantitative estimate of drug-likeness (QED) is 0.606. The molecule has 0 radical (unpaired) electrons. The van der Waals surface area contributed by atoms with Crippen LogP contribution in [0, 0.1) is 5.92 Å². The number of aromatic nitrogens is 2. The van der Waals surface area contributed by atoms with E-state index in [-0.39, 0.29) is 17.7 Å². The van der Waals surface area contributed by atoms with Gasteiger partial charge >= 0.3 is 0 Å². The molecule has 2 N–H and O–H groups in total. The molecule has 1 atom stereocenters. The molecule has 0 bridgehead atoms. The Bertz CT molecular complexity index is 752. The number of nitrogens with zero attached hydrogens (tertiary/aromatic N) is 2. The van der Waals surface area contributed by atoms with Gasteiger partial charge in [-0.05, 0) is 30.5 Å². The standard InChI is InChI=1S/C20H28N4O4/c1-14(2)18(20(26)21-7-5-9-24-10-6-8-22-24)23-19(25)15-11-16(27-3)13-17(12-15)28-4/h6,8,10-14,18H,5,7,9H2,1-4H3,(H,21,26)(H,23,25). The van der Waals surface area contributed by atoms with Crippen LogP contribution < -0.4 is 20.1 Å². The lowest BCUT2D eigenvalue weighted by Gasteiger charge is -2.22. The molecule has 152 valence electrons. The average Bonchev–Trinajstić information content (AvgIpc) is 3.21. The molecule has 2 rings (SSSR count). The molecule has 28 heavy (non-hydrogen) atoms. The van der Waals surface area contributed by atoms with Crippen LogP contribution in [0.5, 0.6) is 11.5 Å². The lowest BCUT2D eigenvalue weighted by molar-refractivity contribution is -0.123. The number of hydrogen-bond donors (Lipinski definition) is 2. The molecule has 0 fully saturated rings. The van der Waals surface area contributed by atoms with Gasteiger partial charge in [-0.1, -0.05) is 13.8 Å². The number of rotatable bonds is 10. The zero-order valence-electron chi connectivity index (χ0n) is 16.8. The minimum atomic E-state index is -0.644. The number of nitrogens with one attached hydrogen (secondary N) is 2. The number of aryl methyl sites for hydroxylation is 1. The molecule has 1 heterocycles. The van der Waals surface area contributed by atoms with E-state index in [1.54, 1.807) is 24.4 Å². The van der Waals surface area contributed by atoms with E-state index in [1.807, 2.05) is 30.8 Å². The Balaban J connectivity index is 1.95. The largest absolute Gasteiger partial charge is 0.497 e. The average molecular weight is 388 g/mol. The van der Waals surface area contributed by atoms with E-state index < -0.39 is 6.04 Å². The molecule has 0 saturated heterocycles. The van der Waals surface area contributed by atoms with Gasteiger partial charge in [-0.25, -0.2) is 0 Å². The third kappa shape index (κ3) is 6.00. The summed E-state index contributed by atoms with van der Waals surface area (Å²) in [6.45, 7) is 5.00. The Kier molecular flexibility index (Phi) is 7.86. The van der Waals surface area contributed by atoms with Crippen LogP contribution in [0.1, 0.15) is 30.6 Å². The zero-order valence-corrected chi connectivity index (χ0v) is 16.8. The van der Waals surface area contributed by atoms with E-state index in [1.165, 1.54) is 14.2 Å². The van der Waals surface area contributed by atoms with Crippen LogP contribution in [-0.4, -0.2) is 48.4 Å². The van der Waals surface area contributed by atoms with Crippen LogP contribution in [0.4, 0.5) is 0 Å². The Morgan fingerprint density at radius 2 is 1.82 bits per heavy atom. The van der Waals surface area contributed by atoms with Gasteiger partial charge in [0.1, 0.15) is 17.5 Å². The third-order valence-corrected chi connectivity index (χ3v) is 4.27. The van der Waals surface area contributed by atoms with Gasteiger partial charge in [-0.15, -0.1) is 0 Å². The van der Waals surface area contributed by atoms with Gasteiger partial charge < -0.3 is 20.1 Å². The first kappa shape index (κ1) is 21.3. The highest BCUT2D eigenvalue weighted by atomic mass is 16.5. The summed E-state index contributed by atoms with van der Waals surface area (Å²) in [5.74, 6) is 0.381. The number of methoxy groups -OCH3 is 2. The number of carbonyl (C=O) groups excluding carboxylic acids is 2. The highest BCUT2D eigenvalue weighted by molar-refractivity contribution is 5.98. The number of amides is 2. The fourth-order valence-corrected chi connectivity index (χ4v) is 2.69. The first-order valence-corrected chi connectivity index (χ1v) is 9.23. The molecule has 0 saturated carbocycles. The van der Waals surface area contributed by atoms with Crippen LogP contribution in [0.2, 0.25) is 0 Å². The molecule has 1 unspecified atom stereocenters. The number of benzene rings is 1. The van der Waals surface area contributed by atoms with E-state index in [0.29, 0.717) is 23.6 Å². The summed E-state index contributed by atoms with van der Waals surface area (Å²) in [4.78, 5) is 25.2. The monoisotopic (exact) mass is 388 g/mol. The van der Waals surface area contributed by atoms with E-state index >= 15 is 0 Å². The number of hydrogen-bond acceptors (Lipinski definition) is 5. The number of ether oxygens (including phenoxy) is 2. The van der Waals surface area contributed by atoms with Crippen LogP contribution in [0.3, 0.4) is 0 Å². The Morgan fingerprint density at radius 1 is 1.14 bits per heavy atom. The van der Waals surface area contributed by atoms with Crippen molar-refractivity contribution in [2.24, 2.45) is 5.92 Å². The highest BCUT2D eigenvalue weighted by Gasteiger charge is 2.24. The minimum Gasteiger partial charge on any atom is -0.497 e. The summed E-state index contributed by atoms with van der Waals surface area (Å²) >= 11 is 0. The Morgan fingerprint density at radius 3 is 2.36 bits per heavy atom. The maximum absolute atomic E-state index is 12.7. The van der Waals surface area contributed by atoms with Crippen molar-refractivity contribution < 1.29 is 19.1 Å². The normalized spacial score (nSPS) is 11.8. The molecule has 0 aliphatic heterocycles. The van der Waals surface area contributed by atoms with E-state index in [2.05, 4.69) is 15.7 Å². The second kappa shape index (κ2) is 10.3. The topological polar surface area (TPSA) is 94.5 Å². The summed E-state index contributed by atoms with van der Waals surface area (Å²) in [5, 5.41) is 9.82. The lowest BCUT2D eigenvalue weighted by atomic mass is 10.0. The summed E-state index contributed by atoms with van der Waals surface area (Å²) in [6.07, 6.45) is 4.34. The van der Waals surface area contributed by atoms with Crippen molar-refractivity contribution in [2.45, 2.75) is 32.9 Å². The molecule has 1 aromatic heterocycles. The second-order valence-corrected chi connectivity index (χ2v) is 6.71. The van der Waals surface area contributed by atoms with Gasteiger partial charge in [0.2, 0.25) is 5.91 Å². The lowest BCUT2D eigenvalue weighted by Crippen LogP contribution is -2.50. The number of carbonyl (C=O) groups is 2. The summed E-state index contributed by atoms with van der Waals surface area (Å²) in [7, 11) is 3.04. The van der Waals surface area contributed by atoms with Crippen molar-refractivity contribution in [2.75, 3.05) is 20.8 Å².